The smallest absolute Gasteiger partial charge is 0.143 e. The van der Waals surface area contributed by atoms with Gasteiger partial charge in [0.1, 0.15) is 17.5 Å². The Balaban J connectivity index is 2.50. The van der Waals surface area contributed by atoms with Gasteiger partial charge in [-0.25, -0.2) is 4.98 Å². The zero-order valence-electron chi connectivity index (χ0n) is 12.3. The summed E-state index contributed by atoms with van der Waals surface area (Å²) in [4.78, 5) is 6.31. The van der Waals surface area contributed by atoms with E-state index in [1.807, 2.05) is 37.2 Å². The molecule has 2 aromatic rings. The van der Waals surface area contributed by atoms with Crippen LogP contribution < -0.4 is 9.64 Å². The summed E-state index contributed by atoms with van der Waals surface area (Å²) in [7, 11) is 3.91. The number of nitrogens with zero attached hydrogens (tertiary/aromatic N) is 3. The fourth-order valence-electron chi connectivity index (χ4n) is 1.97. The minimum absolute atomic E-state index is 0.428. The van der Waals surface area contributed by atoms with Crippen molar-refractivity contribution in [3.05, 3.63) is 30.0 Å². The number of aromatic nitrogens is 1. The third-order valence-electron chi connectivity index (χ3n) is 2.94. The largest absolute Gasteiger partial charge is 0.493 e. The second-order valence-corrected chi connectivity index (χ2v) is 5.42. The van der Waals surface area contributed by atoms with E-state index in [0.29, 0.717) is 18.2 Å². The van der Waals surface area contributed by atoms with Gasteiger partial charge in [0.25, 0.3) is 0 Å². The molecule has 4 nitrogen and oxygen atoms in total. The molecular weight excluding hydrogens is 250 g/mol. The average molecular weight is 269 g/mol. The highest BCUT2D eigenvalue weighted by Crippen LogP contribution is 2.29. The highest BCUT2D eigenvalue weighted by molar-refractivity contribution is 5.93. The lowest BCUT2D eigenvalue weighted by molar-refractivity contribution is 0.271. The van der Waals surface area contributed by atoms with Crippen molar-refractivity contribution in [3.63, 3.8) is 0 Å². The number of pyridine rings is 1. The zero-order valence-corrected chi connectivity index (χ0v) is 12.3. The molecule has 1 aromatic heterocycles. The normalized spacial score (nSPS) is 10.6. The van der Waals surface area contributed by atoms with Crippen molar-refractivity contribution < 1.29 is 4.74 Å². The highest BCUT2D eigenvalue weighted by atomic mass is 16.5. The van der Waals surface area contributed by atoms with Crippen LogP contribution in [-0.4, -0.2) is 25.7 Å². The van der Waals surface area contributed by atoms with Crippen LogP contribution in [0.3, 0.4) is 0 Å². The van der Waals surface area contributed by atoms with Gasteiger partial charge in [0.2, 0.25) is 0 Å². The Bertz CT molecular complexity index is 657. The maximum Gasteiger partial charge on any atom is 0.143 e. The summed E-state index contributed by atoms with van der Waals surface area (Å²) in [5.41, 5.74) is 2.21. The Morgan fingerprint density at radius 3 is 2.65 bits per heavy atom. The molecule has 0 aliphatic rings. The Kier molecular flexibility index (Phi) is 4.09. The van der Waals surface area contributed by atoms with Crippen molar-refractivity contribution in [2.24, 2.45) is 5.92 Å². The summed E-state index contributed by atoms with van der Waals surface area (Å²) in [5.74, 6) is 1.32. The molecule has 0 saturated heterocycles. The van der Waals surface area contributed by atoms with Gasteiger partial charge >= 0.3 is 0 Å². The van der Waals surface area contributed by atoms with Crippen LogP contribution in [0.1, 0.15) is 19.5 Å². The summed E-state index contributed by atoms with van der Waals surface area (Å²) in [6.45, 7) is 4.92. The fourth-order valence-corrected chi connectivity index (χ4v) is 1.97. The van der Waals surface area contributed by atoms with E-state index in [2.05, 4.69) is 24.9 Å². The van der Waals surface area contributed by atoms with Crippen molar-refractivity contribution in [2.75, 3.05) is 25.6 Å². The first-order valence-corrected chi connectivity index (χ1v) is 6.66. The van der Waals surface area contributed by atoms with Crippen LogP contribution in [0.2, 0.25) is 0 Å². The molecule has 2 rings (SSSR count). The number of ether oxygens (including phenoxy) is 1. The van der Waals surface area contributed by atoms with Gasteiger partial charge in [-0.1, -0.05) is 13.8 Å². The Morgan fingerprint density at radius 1 is 1.30 bits per heavy atom. The molecular formula is C16H19N3O. The number of rotatable bonds is 4. The standard InChI is InChI=1S/C16H19N3O/c1-11(2)10-20-13-5-6-15-14(8-13)16(19(3)4)7-12(9-17)18-15/h5-8,11H,10H2,1-4H3. The Labute approximate surface area is 119 Å². The quantitative estimate of drug-likeness (QED) is 0.855. The molecule has 0 bridgehead atoms. The maximum absolute atomic E-state index is 9.05. The van der Waals surface area contributed by atoms with Gasteiger partial charge in [0.05, 0.1) is 12.1 Å². The summed E-state index contributed by atoms with van der Waals surface area (Å²) in [6.07, 6.45) is 0. The zero-order chi connectivity index (χ0) is 14.7. The molecule has 0 N–H and O–H groups in total. The molecule has 0 amide bonds. The van der Waals surface area contributed by atoms with Gasteiger partial charge in [-0.2, -0.15) is 5.26 Å². The van der Waals surface area contributed by atoms with Crippen LogP contribution in [0.15, 0.2) is 24.3 Å². The summed E-state index contributed by atoms with van der Waals surface area (Å²) in [6, 6.07) is 9.69. The van der Waals surface area contributed by atoms with Crippen LogP contribution in [-0.2, 0) is 0 Å². The van der Waals surface area contributed by atoms with Crippen LogP contribution in [0.4, 0.5) is 5.69 Å². The summed E-state index contributed by atoms with van der Waals surface area (Å²) in [5, 5.41) is 10.0. The van der Waals surface area contributed by atoms with E-state index < -0.39 is 0 Å². The van der Waals surface area contributed by atoms with Gasteiger partial charge < -0.3 is 9.64 Å². The van der Waals surface area contributed by atoms with E-state index in [4.69, 9.17) is 10.00 Å². The van der Waals surface area contributed by atoms with E-state index in [-0.39, 0.29) is 0 Å². The molecule has 0 fully saturated rings. The average Bonchev–Trinajstić information content (AvgIpc) is 2.43. The number of hydrogen-bond donors (Lipinski definition) is 0. The molecule has 104 valence electrons. The first kappa shape index (κ1) is 14.1. The predicted molar refractivity (Wildman–Crippen MR) is 81.1 cm³/mol. The van der Waals surface area contributed by atoms with Gasteiger partial charge in [-0.15, -0.1) is 0 Å². The molecule has 0 radical (unpaired) electrons. The summed E-state index contributed by atoms with van der Waals surface area (Å²) >= 11 is 0. The topological polar surface area (TPSA) is 49.1 Å². The third-order valence-corrected chi connectivity index (χ3v) is 2.94. The van der Waals surface area contributed by atoms with Crippen molar-refractivity contribution in [3.8, 4) is 11.8 Å². The van der Waals surface area contributed by atoms with E-state index in [1.54, 1.807) is 6.07 Å². The number of benzene rings is 1. The van der Waals surface area contributed by atoms with Crippen LogP contribution >= 0.6 is 0 Å². The Hall–Kier alpha value is -2.28. The summed E-state index contributed by atoms with van der Waals surface area (Å²) < 4.78 is 5.76. The molecule has 0 spiro atoms. The van der Waals surface area contributed by atoms with Crippen molar-refractivity contribution in [1.29, 1.82) is 5.26 Å². The van der Waals surface area contributed by atoms with E-state index in [1.165, 1.54) is 0 Å². The monoisotopic (exact) mass is 269 g/mol. The molecule has 20 heavy (non-hydrogen) atoms. The van der Waals surface area contributed by atoms with Crippen molar-refractivity contribution in [2.45, 2.75) is 13.8 Å². The number of nitriles is 1. The fraction of sp³-hybridized carbons (Fsp3) is 0.375. The van der Waals surface area contributed by atoms with Crippen LogP contribution in [0.25, 0.3) is 10.9 Å². The second kappa shape index (κ2) is 5.79. The minimum atomic E-state index is 0.428. The first-order chi connectivity index (χ1) is 9.51. The number of hydrogen-bond acceptors (Lipinski definition) is 4. The van der Waals surface area contributed by atoms with Gasteiger partial charge in [-0.05, 0) is 30.2 Å². The van der Waals surface area contributed by atoms with Crippen LogP contribution in [0, 0.1) is 17.2 Å². The van der Waals surface area contributed by atoms with Crippen molar-refractivity contribution in [1.82, 2.24) is 4.98 Å². The lowest BCUT2D eigenvalue weighted by Crippen LogP contribution is -2.10. The molecule has 0 unspecified atom stereocenters. The molecule has 1 aromatic carbocycles. The number of anilines is 1. The molecule has 1 heterocycles. The highest BCUT2D eigenvalue weighted by Gasteiger charge is 2.09. The third kappa shape index (κ3) is 3.00. The van der Waals surface area contributed by atoms with E-state index >= 15 is 0 Å². The predicted octanol–water partition coefficient (Wildman–Crippen LogP) is 3.21. The molecule has 4 heteroatoms. The number of fused-ring (bicyclic) bond motifs is 1. The van der Waals surface area contributed by atoms with Crippen molar-refractivity contribution >= 4 is 16.6 Å². The lowest BCUT2D eigenvalue weighted by Gasteiger charge is -2.16. The SMILES string of the molecule is CC(C)COc1ccc2nc(C#N)cc(N(C)C)c2c1. The van der Waals surface area contributed by atoms with Gasteiger partial charge in [-0.3, -0.25) is 0 Å². The molecule has 0 aliphatic carbocycles. The molecule has 0 saturated carbocycles. The van der Waals surface area contributed by atoms with Gasteiger partial charge in [0, 0.05) is 25.2 Å². The second-order valence-electron chi connectivity index (χ2n) is 5.42. The first-order valence-electron chi connectivity index (χ1n) is 6.66. The Morgan fingerprint density at radius 2 is 2.05 bits per heavy atom. The maximum atomic E-state index is 9.05. The van der Waals surface area contributed by atoms with E-state index in [0.717, 1.165) is 22.3 Å². The minimum Gasteiger partial charge on any atom is -0.493 e. The lowest BCUT2D eigenvalue weighted by atomic mass is 10.1. The van der Waals surface area contributed by atoms with Gasteiger partial charge in [0.15, 0.2) is 0 Å². The van der Waals surface area contributed by atoms with Crippen LogP contribution in [0.5, 0.6) is 5.75 Å². The van der Waals surface area contributed by atoms with E-state index in [9.17, 15) is 0 Å². The molecule has 0 aliphatic heterocycles. The molecule has 0 atom stereocenters.